The normalized spacial score (nSPS) is 14.1. The zero-order chi connectivity index (χ0) is 26.3. The highest BCUT2D eigenvalue weighted by molar-refractivity contribution is 5.92. The minimum absolute atomic E-state index is 0.256. The lowest BCUT2D eigenvalue weighted by Gasteiger charge is -2.38. The number of benzene rings is 2. The summed E-state index contributed by atoms with van der Waals surface area (Å²) in [6.45, 7) is 1.66. The number of hydrogen-bond donors (Lipinski definition) is 2. The van der Waals surface area contributed by atoms with Gasteiger partial charge in [0.05, 0.1) is 30.1 Å². The second-order valence-corrected chi connectivity index (χ2v) is 9.20. The van der Waals surface area contributed by atoms with E-state index in [1.165, 1.54) is 43.1 Å². The molecule has 0 aliphatic heterocycles. The molecule has 2 N–H and O–H groups in total. The zero-order valence-electron chi connectivity index (χ0n) is 19.2. The molecular formula is C25H22F6N4O. The first-order valence-corrected chi connectivity index (χ1v) is 10.9. The first-order valence-electron chi connectivity index (χ1n) is 10.9. The van der Waals surface area contributed by atoms with E-state index < -0.39 is 47.7 Å². The van der Waals surface area contributed by atoms with Crippen LogP contribution in [-0.2, 0) is 5.41 Å². The second kappa shape index (κ2) is 9.12. The van der Waals surface area contributed by atoms with Crippen molar-refractivity contribution in [3.8, 4) is 5.69 Å². The Morgan fingerprint density at radius 3 is 2.39 bits per heavy atom. The van der Waals surface area contributed by atoms with Crippen LogP contribution in [0.3, 0.4) is 0 Å². The van der Waals surface area contributed by atoms with Crippen molar-refractivity contribution in [1.29, 1.82) is 0 Å². The standard InChI is InChI=1S/C25H22F6N4O/c1-23(2,18-10-15(26)6-8-19(18)27)13-24(36,25(29,30)31)14-33-20-4-3-5-21-17(20)12-34-35(21)16-7-9-22(28)32-11-16/h3-12,33,36H,13-14H2,1-2H3. The molecule has 0 spiro atoms. The number of aliphatic hydroxyl groups is 1. The average Bonchev–Trinajstić information content (AvgIpc) is 3.23. The molecule has 0 amide bonds. The topological polar surface area (TPSA) is 63.0 Å². The van der Waals surface area contributed by atoms with E-state index in [4.69, 9.17) is 0 Å². The maximum Gasteiger partial charge on any atom is 0.418 e. The van der Waals surface area contributed by atoms with Crippen molar-refractivity contribution in [2.75, 3.05) is 11.9 Å². The molecule has 0 saturated carbocycles. The Kier molecular flexibility index (Phi) is 6.46. The minimum Gasteiger partial charge on any atom is -0.381 e. The van der Waals surface area contributed by atoms with Crippen molar-refractivity contribution in [2.45, 2.75) is 37.5 Å². The third-order valence-electron chi connectivity index (χ3n) is 6.06. The number of halogens is 6. The number of alkyl halides is 3. The summed E-state index contributed by atoms with van der Waals surface area (Å²) in [5.74, 6) is -2.34. The number of fused-ring (bicyclic) bond motifs is 1. The summed E-state index contributed by atoms with van der Waals surface area (Å²) in [7, 11) is 0. The summed E-state index contributed by atoms with van der Waals surface area (Å²) in [5.41, 5.74) is -3.92. The Morgan fingerprint density at radius 2 is 1.72 bits per heavy atom. The van der Waals surface area contributed by atoms with Crippen molar-refractivity contribution in [2.24, 2.45) is 0 Å². The lowest BCUT2D eigenvalue weighted by atomic mass is 9.74. The average molecular weight is 508 g/mol. The molecule has 2 aromatic carbocycles. The van der Waals surface area contributed by atoms with Crippen molar-refractivity contribution in [3.05, 3.63) is 84.1 Å². The number of rotatable bonds is 7. The quantitative estimate of drug-likeness (QED) is 0.241. The molecule has 1 unspecified atom stereocenters. The maximum absolute atomic E-state index is 14.3. The van der Waals surface area contributed by atoms with Crippen LogP contribution in [-0.4, -0.2) is 38.2 Å². The minimum atomic E-state index is -5.08. The van der Waals surface area contributed by atoms with Gasteiger partial charge >= 0.3 is 6.18 Å². The van der Waals surface area contributed by atoms with Gasteiger partial charge in [0.15, 0.2) is 5.60 Å². The van der Waals surface area contributed by atoms with Crippen LogP contribution in [0.4, 0.5) is 32.0 Å². The third kappa shape index (κ3) is 4.88. The Morgan fingerprint density at radius 1 is 0.972 bits per heavy atom. The van der Waals surface area contributed by atoms with E-state index in [1.807, 2.05) is 0 Å². The monoisotopic (exact) mass is 508 g/mol. The van der Waals surface area contributed by atoms with Gasteiger partial charge in [-0.05, 0) is 59.9 Å². The van der Waals surface area contributed by atoms with Crippen LogP contribution in [0.25, 0.3) is 16.6 Å². The SMILES string of the molecule is CC(C)(CC(O)(CNc1cccc2c1cnn2-c1ccc(F)nc1)C(F)(F)F)c1cc(F)ccc1F. The van der Waals surface area contributed by atoms with Gasteiger partial charge in [0, 0.05) is 11.1 Å². The number of aromatic nitrogens is 3. The third-order valence-corrected chi connectivity index (χ3v) is 6.06. The predicted molar refractivity (Wildman–Crippen MR) is 122 cm³/mol. The van der Waals surface area contributed by atoms with Crippen LogP contribution in [0, 0.1) is 17.6 Å². The molecule has 2 aromatic heterocycles. The maximum atomic E-state index is 14.3. The lowest BCUT2D eigenvalue weighted by Crippen LogP contribution is -2.53. The van der Waals surface area contributed by atoms with Gasteiger partial charge in [-0.15, -0.1) is 0 Å². The predicted octanol–water partition coefficient (Wildman–Crippen LogP) is 5.91. The molecule has 0 fully saturated rings. The summed E-state index contributed by atoms with van der Waals surface area (Å²) in [6.07, 6.45) is -3.34. The van der Waals surface area contributed by atoms with Crippen LogP contribution in [0.15, 0.2) is 60.9 Å². The first-order chi connectivity index (χ1) is 16.8. The van der Waals surface area contributed by atoms with Gasteiger partial charge in [0.2, 0.25) is 5.95 Å². The van der Waals surface area contributed by atoms with Gasteiger partial charge in [0.1, 0.15) is 11.6 Å². The first kappa shape index (κ1) is 25.5. The molecule has 0 aliphatic rings. The summed E-state index contributed by atoms with van der Waals surface area (Å²) in [5, 5.41) is 18.1. The summed E-state index contributed by atoms with van der Waals surface area (Å²) < 4.78 is 85.0. The largest absolute Gasteiger partial charge is 0.418 e. The van der Waals surface area contributed by atoms with E-state index in [-0.39, 0.29) is 11.3 Å². The summed E-state index contributed by atoms with van der Waals surface area (Å²) >= 11 is 0. The Bertz CT molecular complexity index is 1380. The number of pyridine rings is 1. The van der Waals surface area contributed by atoms with Gasteiger partial charge < -0.3 is 10.4 Å². The molecule has 0 aliphatic carbocycles. The molecule has 5 nitrogen and oxygen atoms in total. The molecule has 11 heteroatoms. The van der Waals surface area contributed by atoms with Gasteiger partial charge in [-0.2, -0.15) is 22.7 Å². The number of anilines is 1. The van der Waals surface area contributed by atoms with Crippen LogP contribution in [0.5, 0.6) is 0 Å². The molecule has 1 atom stereocenters. The van der Waals surface area contributed by atoms with E-state index in [9.17, 15) is 31.4 Å². The van der Waals surface area contributed by atoms with Crippen LogP contribution in [0.1, 0.15) is 25.8 Å². The molecule has 4 aromatic rings. The highest BCUT2D eigenvalue weighted by Crippen LogP contribution is 2.42. The smallest absolute Gasteiger partial charge is 0.381 e. The highest BCUT2D eigenvalue weighted by Gasteiger charge is 2.56. The second-order valence-electron chi connectivity index (χ2n) is 9.20. The van der Waals surface area contributed by atoms with E-state index in [0.29, 0.717) is 16.6 Å². The molecule has 0 bridgehead atoms. The molecule has 190 valence electrons. The van der Waals surface area contributed by atoms with Crippen molar-refractivity contribution < 1.29 is 31.4 Å². The molecule has 2 heterocycles. The van der Waals surface area contributed by atoms with E-state index in [0.717, 1.165) is 24.3 Å². The van der Waals surface area contributed by atoms with Gasteiger partial charge in [-0.1, -0.05) is 19.9 Å². The van der Waals surface area contributed by atoms with Crippen molar-refractivity contribution >= 4 is 16.6 Å². The zero-order valence-corrected chi connectivity index (χ0v) is 19.2. The fraction of sp³-hybridized carbons (Fsp3) is 0.280. The summed E-state index contributed by atoms with van der Waals surface area (Å²) in [4.78, 5) is 3.58. The van der Waals surface area contributed by atoms with Crippen LogP contribution < -0.4 is 5.32 Å². The fourth-order valence-corrected chi connectivity index (χ4v) is 4.25. The fourth-order valence-electron chi connectivity index (χ4n) is 4.25. The molecule has 0 radical (unpaired) electrons. The molecule has 4 rings (SSSR count). The van der Waals surface area contributed by atoms with Crippen LogP contribution in [0.2, 0.25) is 0 Å². The van der Waals surface area contributed by atoms with E-state index in [1.54, 1.807) is 12.1 Å². The lowest BCUT2D eigenvalue weighted by molar-refractivity contribution is -0.260. The van der Waals surface area contributed by atoms with Crippen LogP contribution >= 0.6 is 0 Å². The van der Waals surface area contributed by atoms with Crippen molar-refractivity contribution in [1.82, 2.24) is 14.8 Å². The Labute approximate surface area is 202 Å². The van der Waals surface area contributed by atoms with Gasteiger partial charge in [-0.3, -0.25) is 0 Å². The molecule has 36 heavy (non-hydrogen) atoms. The van der Waals surface area contributed by atoms with Crippen molar-refractivity contribution in [3.63, 3.8) is 0 Å². The van der Waals surface area contributed by atoms with E-state index >= 15 is 0 Å². The number of nitrogens with zero attached hydrogens (tertiary/aromatic N) is 3. The molecular weight excluding hydrogens is 486 g/mol. The summed E-state index contributed by atoms with van der Waals surface area (Å²) in [6, 6.07) is 9.91. The molecule has 0 saturated heterocycles. The number of nitrogens with one attached hydrogen (secondary N) is 1. The van der Waals surface area contributed by atoms with E-state index in [2.05, 4.69) is 15.4 Å². The Balaban J connectivity index is 1.64. The van der Waals surface area contributed by atoms with Gasteiger partial charge in [0.25, 0.3) is 0 Å². The number of hydrogen-bond acceptors (Lipinski definition) is 4. The highest BCUT2D eigenvalue weighted by atomic mass is 19.4. The Hall–Kier alpha value is -3.60. The van der Waals surface area contributed by atoms with Gasteiger partial charge in [-0.25, -0.2) is 18.4 Å².